The smallest absolute Gasteiger partial charge is 0.149 e. The van der Waals surface area contributed by atoms with Crippen molar-refractivity contribution in [3.05, 3.63) is 44.8 Å². The van der Waals surface area contributed by atoms with E-state index in [0.29, 0.717) is 0 Å². The Bertz CT molecular complexity index is 431. The minimum absolute atomic E-state index is 0.658. The van der Waals surface area contributed by atoms with Crippen LogP contribution in [0.3, 0.4) is 0 Å². The summed E-state index contributed by atoms with van der Waals surface area (Å²) in [6.07, 6.45) is -0.658. The maximum absolute atomic E-state index is 9.65. The van der Waals surface area contributed by atoms with Crippen LogP contribution in [-0.2, 0) is 0 Å². The van der Waals surface area contributed by atoms with Crippen LogP contribution >= 0.6 is 22.7 Å². The maximum Gasteiger partial charge on any atom is 0.149 e. The first kappa shape index (κ1) is 9.47. The zero-order chi connectivity index (χ0) is 9.80. The van der Waals surface area contributed by atoms with E-state index >= 15 is 0 Å². The zero-order valence-corrected chi connectivity index (χ0v) is 8.94. The monoisotopic (exact) mass is 220 g/mol. The van der Waals surface area contributed by atoms with Crippen molar-refractivity contribution in [2.24, 2.45) is 0 Å². The Morgan fingerprint density at radius 3 is 2.86 bits per heavy atom. The molecule has 0 spiro atoms. The van der Waals surface area contributed by atoms with Gasteiger partial charge >= 0.3 is 0 Å². The van der Waals surface area contributed by atoms with E-state index in [1.807, 2.05) is 34.3 Å². The summed E-state index contributed by atoms with van der Waals surface area (Å²) in [5.74, 6) is 5.74. The molecule has 0 saturated heterocycles. The second-order valence-electron chi connectivity index (χ2n) is 2.70. The predicted octanol–water partition coefficient (Wildman–Crippen LogP) is 2.89. The van der Waals surface area contributed by atoms with E-state index in [1.165, 1.54) is 11.3 Å². The lowest BCUT2D eigenvalue weighted by Crippen LogP contribution is -1.88. The van der Waals surface area contributed by atoms with Gasteiger partial charge in [-0.05, 0) is 22.9 Å². The highest BCUT2D eigenvalue weighted by atomic mass is 32.1. The van der Waals surface area contributed by atoms with Crippen molar-refractivity contribution in [2.75, 3.05) is 0 Å². The van der Waals surface area contributed by atoms with Crippen LogP contribution in [0.1, 0.15) is 16.5 Å². The molecule has 3 heteroatoms. The average molecular weight is 220 g/mol. The molecule has 1 nitrogen and oxygen atoms in total. The maximum atomic E-state index is 9.65. The minimum atomic E-state index is -0.658. The fourth-order valence-electron chi connectivity index (χ4n) is 1.01. The summed E-state index contributed by atoms with van der Waals surface area (Å²) >= 11 is 3.13. The van der Waals surface area contributed by atoms with Gasteiger partial charge in [0.25, 0.3) is 0 Å². The number of hydrogen-bond acceptors (Lipinski definition) is 3. The summed E-state index contributed by atoms with van der Waals surface area (Å²) in [5, 5.41) is 15.5. The van der Waals surface area contributed by atoms with Crippen molar-refractivity contribution in [3.63, 3.8) is 0 Å². The minimum Gasteiger partial charge on any atom is -0.375 e. The van der Waals surface area contributed by atoms with Crippen LogP contribution in [0.5, 0.6) is 0 Å². The highest BCUT2D eigenvalue weighted by Crippen LogP contribution is 2.17. The largest absolute Gasteiger partial charge is 0.375 e. The molecule has 0 bridgehead atoms. The fraction of sp³-hybridized carbons (Fsp3) is 0.0909. The van der Waals surface area contributed by atoms with E-state index < -0.39 is 6.10 Å². The Morgan fingerprint density at radius 2 is 2.21 bits per heavy atom. The van der Waals surface area contributed by atoms with Crippen LogP contribution in [0.25, 0.3) is 0 Å². The average Bonchev–Trinajstić information content (AvgIpc) is 2.87. The first-order valence-corrected chi connectivity index (χ1v) is 5.94. The van der Waals surface area contributed by atoms with Gasteiger partial charge in [0.2, 0.25) is 0 Å². The van der Waals surface area contributed by atoms with Gasteiger partial charge in [-0.1, -0.05) is 17.9 Å². The molecule has 2 heterocycles. The quantitative estimate of drug-likeness (QED) is 0.733. The van der Waals surface area contributed by atoms with E-state index in [-0.39, 0.29) is 0 Å². The highest BCUT2D eigenvalue weighted by Gasteiger charge is 2.02. The summed E-state index contributed by atoms with van der Waals surface area (Å²) < 4.78 is 0. The molecule has 0 aliphatic carbocycles. The second-order valence-corrected chi connectivity index (χ2v) is 4.46. The summed E-state index contributed by atoms with van der Waals surface area (Å²) in [6, 6.07) is 5.74. The third-order valence-corrected chi connectivity index (χ3v) is 3.30. The SMILES string of the molecule is OC(C#Cc1ccsc1)c1cccs1. The van der Waals surface area contributed by atoms with E-state index in [4.69, 9.17) is 0 Å². The van der Waals surface area contributed by atoms with Gasteiger partial charge < -0.3 is 5.11 Å². The van der Waals surface area contributed by atoms with Crippen molar-refractivity contribution in [3.8, 4) is 11.8 Å². The molecule has 2 aromatic rings. The standard InChI is InChI=1S/C11H8OS2/c12-10(11-2-1-6-14-11)4-3-9-5-7-13-8-9/h1-2,5-8,10,12H. The van der Waals surface area contributed by atoms with Gasteiger partial charge in [0.05, 0.1) is 0 Å². The molecule has 0 saturated carbocycles. The van der Waals surface area contributed by atoms with Gasteiger partial charge in [0.15, 0.2) is 0 Å². The molecule has 70 valence electrons. The molecule has 0 radical (unpaired) electrons. The van der Waals surface area contributed by atoms with Crippen LogP contribution in [0, 0.1) is 11.8 Å². The number of hydrogen-bond donors (Lipinski definition) is 1. The summed E-state index contributed by atoms with van der Waals surface area (Å²) in [5.41, 5.74) is 0.964. The van der Waals surface area contributed by atoms with Crippen molar-refractivity contribution in [1.29, 1.82) is 0 Å². The molecule has 1 unspecified atom stereocenters. The Kier molecular flexibility index (Phi) is 3.00. The molecule has 0 amide bonds. The number of rotatable bonds is 1. The molecular weight excluding hydrogens is 212 g/mol. The highest BCUT2D eigenvalue weighted by molar-refractivity contribution is 7.10. The topological polar surface area (TPSA) is 20.2 Å². The van der Waals surface area contributed by atoms with E-state index in [1.54, 1.807) is 11.3 Å². The Balaban J connectivity index is 2.11. The normalized spacial score (nSPS) is 11.8. The first-order valence-electron chi connectivity index (χ1n) is 4.11. The van der Waals surface area contributed by atoms with Crippen LogP contribution in [0.15, 0.2) is 34.3 Å². The second kappa shape index (κ2) is 4.43. The molecule has 1 atom stereocenters. The molecule has 1 N–H and O–H groups in total. The number of thiophene rings is 2. The van der Waals surface area contributed by atoms with Gasteiger partial charge in [-0.15, -0.1) is 11.3 Å². The molecule has 2 rings (SSSR count). The summed E-state index contributed by atoms with van der Waals surface area (Å²) in [6.45, 7) is 0. The van der Waals surface area contributed by atoms with Crippen LogP contribution in [-0.4, -0.2) is 5.11 Å². The van der Waals surface area contributed by atoms with Crippen molar-refractivity contribution >= 4 is 22.7 Å². The van der Waals surface area contributed by atoms with E-state index in [9.17, 15) is 5.11 Å². The number of aliphatic hydroxyl groups is 1. The molecule has 14 heavy (non-hydrogen) atoms. The number of aliphatic hydroxyl groups excluding tert-OH is 1. The third-order valence-electron chi connectivity index (χ3n) is 1.69. The zero-order valence-electron chi connectivity index (χ0n) is 7.31. The van der Waals surface area contributed by atoms with Gasteiger partial charge in [-0.2, -0.15) is 11.3 Å². The third kappa shape index (κ3) is 2.24. The lowest BCUT2D eigenvalue weighted by Gasteiger charge is -1.96. The molecular formula is C11H8OS2. The summed E-state index contributed by atoms with van der Waals surface area (Å²) in [4.78, 5) is 0.896. The van der Waals surface area contributed by atoms with Gasteiger partial charge in [0, 0.05) is 15.8 Å². The van der Waals surface area contributed by atoms with Crippen molar-refractivity contribution in [2.45, 2.75) is 6.10 Å². The molecule has 0 fully saturated rings. The lowest BCUT2D eigenvalue weighted by molar-refractivity contribution is 0.242. The fourth-order valence-corrected chi connectivity index (χ4v) is 2.25. The van der Waals surface area contributed by atoms with Crippen LogP contribution in [0.4, 0.5) is 0 Å². The Morgan fingerprint density at radius 1 is 1.29 bits per heavy atom. The summed E-state index contributed by atoms with van der Waals surface area (Å²) in [7, 11) is 0. The lowest BCUT2D eigenvalue weighted by atomic mass is 10.2. The van der Waals surface area contributed by atoms with Gasteiger partial charge in [0.1, 0.15) is 6.10 Å². The van der Waals surface area contributed by atoms with Crippen molar-refractivity contribution < 1.29 is 5.11 Å². The van der Waals surface area contributed by atoms with Crippen molar-refractivity contribution in [1.82, 2.24) is 0 Å². The molecule has 0 aliphatic heterocycles. The molecule has 2 aromatic heterocycles. The molecule has 0 aliphatic rings. The van der Waals surface area contributed by atoms with Gasteiger partial charge in [-0.25, -0.2) is 0 Å². The Labute approximate surface area is 90.7 Å². The van der Waals surface area contributed by atoms with Crippen LogP contribution < -0.4 is 0 Å². The molecule has 0 aromatic carbocycles. The predicted molar refractivity (Wildman–Crippen MR) is 60.5 cm³/mol. The van der Waals surface area contributed by atoms with E-state index in [0.717, 1.165) is 10.4 Å². The van der Waals surface area contributed by atoms with Crippen LogP contribution in [0.2, 0.25) is 0 Å². The van der Waals surface area contributed by atoms with E-state index in [2.05, 4.69) is 11.8 Å². The first-order chi connectivity index (χ1) is 6.86. The Hall–Kier alpha value is -1.08. The van der Waals surface area contributed by atoms with Gasteiger partial charge in [-0.3, -0.25) is 0 Å².